The third-order valence-electron chi connectivity index (χ3n) is 4.61. The molecule has 0 spiro atoms. The molecule has 2 rings (SSSR count). The summed E-state index contributed by atoms with van der Waals surface area (Å²) in [7, 11) is -3.24. The van der Waals surface area contributed by atoms with E-state index in [-0.39, 0.29) is 22.6 Å². The van der Waals surface area contributed by atoms with Crippen molar-refractivity contribution >= 4 is 15.7 Å². The normalized spacial score (nSPS) is 17.4. The van der Waals surface area contributed by atoms with Gasteiger partial charge in [0, 0.05) is 31.2 Å². The highest BCUT2D eigenvalue weighted by atomic mass is 32.2. The molecular formula is C18H28N2O4S. The van der Waals surface area contributed by atoms with E-state index in [1.54, 1.807) is 19.1 Å². The number of rotatable bonds is 7. The molecule has 1 aliphatic heterocycles. The van der Waals surface area contributed by atoms with Crippen LogP contribution in [-0.2, 0) is 14.6 Å². The number of sulfone groups is 1. The van der Waals surface area contributed by atoms with Crippen LogP contribution >= 0.6 is 0 Å². The summed E-state index contributed by atoms with van der Waals surface area (Å²) in [5, 5.41) is 2.98. The Bertz CT molecular complexity index is 665. The fraction of sp³-hybridized carbons (Fsp3) is 0.611. The van der Waals surface area contributed by atoms with Gasteiger partial charge >= 0.3 is 0 Å². The first-order valence-electron chi connectivity index (χ1n) is 8.78. The molecule has 1 unspecified atom stereocenters. The molecule has 1 aliphatic rings. The number of benzene rings is 1. The van der Waals surface area contributed by atoms with Crippen molar-refractivity contribution in [2.75, 3.05) is 38.6 Å². The van der Waals surface area contributed by atoms with E-state index in [4.69, 9.17) is 4.74 Å². The molecule has 0 aromatic heterocycles. The summed E-state index contributed by atoms with van der Waals surface area (Å²) < 4.78 is 29.1. The van der Waals surface area contributed by atoms with E-state index < -0.39 is 9.84 Å². The van der Waals surface area contributed by atoms with E-state index in [1.807, 2.05) is 0 Å². The van der Waals surface area contributed by atoms with Crippen LogP contribution in [0.2, 0.25) is 0 Å². The van der Waals surface area contributed by atoms with Crippen molar-refractivity contribution in [3.8, 4) is 0 Å². The number of hydrogen-bond donors (Lipinski definition) is 1. The lowest BCUT2D eigenvalue weighted by atomic mass is 10.0. The van der Waals surface area contributed by atoms with Crippen LogP contribution in [0.5, 0.6) is 0 Å². The maximum absolute atomic E-state index is 12.4. The van der Waals surface area contributed by atoms with Crippen molar-refractivity contribution in [2.24, 2.45) is 5.92 Å². The smallest absolute Gasteiger partial charge is 0.251 e. The Labute approximate surface area is 150 Å². The van der Waals surface area contributed by atoms with Gasteiger partial charge in [-0.25, -0.2) is 8.42 Å². The molecule has 0 aliphatic carbocycles. The summed E-state index contributed by atoms with van der Waals surface area (Å²) in [6, 6.07) is 6.38. The third kappa shape index (κ3) is 5.26. The zero-order chi connectivity index (χ0) is 18.4. The Kier molecular flexibility index (Phi) is 6.98. The summed E-state index contributed by atoms with van der Waals surface area (Å²) in [6.45, 7) is 9.67. The van der Waals surface area contributed by atoms with Crippen LogP contribution in [0.25, 0.3) is 0 Å². The summed E-state index contributed by atoms with van der Waals surface area (Å²) in [5.41, 5.74) is 0.472. The summed E-state index contributed by atoms with van der Waals surface area (Å²) in [5.74, 6) is 0.281. The molecule has 25 heavy (non-hydrogen) atoms. The summed E-state index contributed by atoms with van der Waals surface area (Å²) >= 11 is 0. The minimum atomic E-state index is -3.24. The minimum Gasteiger partial charge on any atom is -0.379 e. The highest BCUT2D eigenvalue weighted by molar-refractivity contribution is 7.91. The molecule has 0 bridgehead atoms. The maximum Gasteiger partial charge on any atom is 0.251 e. The standard InChI is InChI=1S/C18H28N2O4S/c1-4-25(22,23)16-7-5-15(6-8-16)18(21)19-13-17(14(2)3)20-9-11-24-12-10-20/h5-8,14,17H,4,9-13H2,1-3H3,(H,19,21). The van der Waals surface area contributed by atoms with Crippen LogP contribution in [0, 0.1) is 5.92 Å². The molecule has 1 N–H and O–H groups in total. The van der Waals surface area contributed by atoms with Gasteiger partial charge < -0.3 is 10.1 Å². The van der Waals surface area contributed by atoms with Crippen LogP contribution in [0.15, 0.2) is 29.2 Å². The molecule has 1 amide bonds. The molecule has 6 nitrogen and oxygen atoms in total. The Morgan fingerprint density at radius 3 is 2.32 bits per heavy atom. The molecule has 1 aromatic carbocycles. The molecule has 7 heteroatoms. The van der Waals surface area contributed by atoms with E-state index >= 15 is 0 Å². The molecule has 0 radical (unpaired) electrons. The van der Waals surface area contributed by atoms with Crippen molar-refractivity contribution in [3.05, 3.63) is 29.8 Å². The predicted molar refractivity (Wildman–Crippen MR) is 97.5 cm³/mol. The first-order valence-corrected chi connectivity index (χ1v) is 10.4. The lowest BCUT2D eigenvalue weighted by Crippen LogP contribution is -2.51. The van der Waals surface area contributed by atoms with Gasteiger partial charge in [0.25, 0.3) is 5.91 Å². The molecule has 0 saturated carbocycles. The molecular weight excluding hydrogens is 340 g/mol. The van der Waals surface area contributed by atoms with Crippen LogP contribution in [0.4, 0.5) is 0 Å². The largest absolute Gasteiger partial charge is 0.379 e. The van der Waals surface area contributed by atoms with Gasteiger partial charge in [-0.05, 0) is 30.2 Å². The molecule has 1 atom stereocenters. The van der Waals surface area contributed by atoms with Gasteiger partial charge in [-0.3, -0.25) is 9.69 Å². The monoisotopic (exact) mass is 368 g/mol. The van der Waals surface area contributed by atoms with Crippen molar-refractivity contribution in [2.45, 2.75) is 31.7 Å². The van der Waals surface area contributed by atoms with Gasteiger partial charge in [0.15, 0.2) is 9.84 Å². The fourth-order valence-electron chi connectivity index (χ4n) is 2.98. The molecule has 1 heterocycles. The second-order valence-electron chi connectivity index (χ2n) is 6.60. The van der Waals surface area contributed by atoms with Crippen LogP contribution in [0.1, 0.15) is 31.1 Å². The van der Waals surface area contributed by atoms with Gasteiger partial charge in [-0.15, -0.1) is 0 Å². The SMILES string of the molecule is CCS(=O)(=O)c1ccc(C(=O)NCC(C(C)C)N2CCOCC2)cc1. The highest BCUT2D eigenvalue weighted by Crippen LogP contribution is 2.14. The van der Waals surface area contributed by atoms with Gasteiger partial charge in [-0.1, -0.05) is 20.8 Å². The lowest BCUT2D eigenvalue weighted by Gasteiger charge is -2.36. The van der Waals surface area contributed by atoms with Gasteiger partial charge in [0.1, 0.15) is 0 Å². The third-order valence-corrected chi connectivity index (χ3v) is 6.36. The number of amides is 1. The zero-order valence-electron chi connectivity index (χ0n) is 15.2. The van der Waals surface area contributed by atoms with Gasteiger partial charge in [0.05, 0.1) is 23.9 Å². The first kappa shape index (κ1) is 19.9. The van der Waals surface area contributed by atoms with Crippen molar-refractivity contribution in [1.82, 2.24) is 10.2 Å². The number of carbonyl (C=O) groups is 1. The number of nitrogens with zero attached hydrogens (tertiary/aromatic N) is 1. The van der Waals surface area contributed by atoms with E-state index in [2.05, 4.69) is 24.1 Å². The Morgan fingerprint density at radius 2 is 1.80 bits per heavy atom. The number of morpholine rings is 1. The van der Waals surface area contributed by atoms with Gasteiger partial charge in [0.2, 0.25) is 0 Å². The number of carbonyl (C=O) groups excluding carboxylic acids is 1. The fourth-order valence-corrected chi connectivity index (χ4v) is 3.86. The van der Waals surface area contributed by atoms with Crippen LogP contribution in [-0.4, -0.2) is 63.9 Å². The number of nitrogens with one attached hydrogen (secondary N) is 1. The highest BCUT2D eigenvalue weighted by Gasteiger charge is 2.24. The van der Waals surface area contributed by atoms with E-state index in [0.717, 1.165) is 26.3 Å². The summed E-state index contributed by atoms with van der Waals surface area (Å²) in [4.78, 5) is 15.0. The number of ether oxygens (including phenoxy) is 1. The Morgan fingerprint density at radius 1 is 1.20 bits per heavy atom. The van der Waals surface area contributed by atoms with Crippen molar-refractivity contribution in [3.63, 3.8) is 0 Å². The lowest BCUT2D eigenvalue weighted by molar-refractivity contribution is 0.00672. The van der Waals surface area contributed by atoms with Crippen LogP contribution < -0.4 is 5.32 Å². The Balaban J connectivity index is 1.98. The molecule has 1 aromatic rings. The average Bonchev–Trinajstić information content (AvgIpc) is 2.62. The molecule has 1 saturated heterocycles. The van der Waals surface area contributed by atoms with E-state index in [0.29, 0.717) is 18.0 Å². The van der Waals surface area contributed by atoms with Gasteiger partial charge in [-0.2, -0.15) is 0 Å². The predicted octanol–water partition coefficient (Wildman–Crippen LogP) is 1.57. The number of hydrogen-bond acceptors (Lipinski definition) is 5. The first-order chi connectivity index (χ1) is 11.8. The summed E-state index contributed by atoms with van der Waals surface area (Å²) in [6.07, 6.45) is 0. The van der Waals surface area contributed by atoms with E-state index in [9.17, 15) is 13.2 Å². The topological polar surface area (TPSA) is 75.7 Å². The molecule has 1 fully saturated rings. The maximum atomic E-state index is 12.4. The zero-order valence-corrected chi connectivity index (χ0v) is 16.0. The second kappa shape index (κ2) is 8.78. The van der Waals surface area contributed by atoms with E-state index in [1.165, 1.54) is 12.1 Å². The van der Waals surface area contributed by atoms with Crippen molar-refractivity contribution < 1.29 is 17.9 Å². The average molecular weight is 368 g/mol. The molecule has 140 valence electrons. The Hall–Kier alpha value is -1.44. The quantitative estimate of drug-likeness (QED) is 0.791. The van der Waals surface area contributed by atoms with Crippen molar-refractivity contribution in [1.29, 1.82) is 0 Å². The second-order valence-corrected chi connectivity index (χ2v) is 8.88. The minimum absolute atomic E-state index is 0.0498. The van der Waals surface area contributed by atoms with Crippen LogP contribution in [0.3, 0.4) is 0 Å².